The van der Waals surface area contributed by atoms with E-state index in [0.29, 0.717) is 26.0 Å². The fourth-order valence-electron chi connectivity index (χ4n) is 2.72. The average Bonchev–Trinajstić information content (AvgIpc) is 3.07. The molecule has 0 fully saturated rings. The van der Waals surface area contributed by atoms with Crippen LogP contribution in [0, 0.1) is 6.92 Å². The number of nitrogens with zero attached hydrogens (tertiary/aromatic N) is 3. The van der Waals surface area contributed by atoms with E-state index in [9.17, 15) is 9.59 Å². The zero-order valence-corrected chi connectivity index (χ0v) is 16.8. The van der Waals surface area contributed by atoms with Crippen molar-refractivity contribution in [1.29, 1.82) is 0 Å². The van der Waals surface area contributed by atoms with Crippen molar-refractivity contribution >= 4 is 55.9 Å². The number of hydrogen-bond acceptors (Lipinski definition) is 5. The largest absolute Gasteiger partial charge is 0.298 e. The first-order valence-corrected chi connectivity index (χ1v) is 9.72. The molecule has 1 amide bonds. The van der Waals surface area contributed by atoms with E-state index in [1.54, 1.807) is 30.3 Å². The summed E-state index contributed by atoms with van der Waals surface area (Å²) in [6.45, 7) is 1.86. The number of fused-ring (bicyclic) bond motifs is 1. The quantitative estimate of drug-likeness (QED) is 0.510. The Morgan fingerprint density at radius 3 is 2.61 bits per heavy atom. The molecule has 0 aliphatic heterocycles. The molecule has 6 nitrogen and oxygen atoms in total. The van der Waals surface area contributed by atoms with E-state index < -0.39 is 0 Å². The zero-order valence-electron chi connectivity index (χ0n) is 14.4. The minimum atomic E-state index is -0.349. The Bertz CT molecular complexity index is 1250. The van der Waals surface area contributed by atoms with Crippen LogP contribution in [0.3, 0.4) is 0 Å². The number of amides is 1. The van der Waals surface area contributed by atoms with Crippen molar-refractivity contribution in [1.82, 2.24) is 14.5 Å². The number of aromatic nitrogens is 3. The molecule has 0 aliphatic rings. The van der Waals surface area contributed by atoms with Gasteiger partial charge in [0.05, 0.1) is 10.7 Å². The molecule has 1 N–H and O–H groups in total. The van der Waals surface area contributed by atoms with E-state index in [0.717, 1.165) is 16.9 Å². The summed E-state index contributed by atoms with van der Waals surface area (Å²) < 4.78 is 1.72. The molecule has 4 aromatic rings. The van der Waals surface area contributed by atoms with E-state index >= 15 is 0 Å². The van der Waals surface area contributed by atoms with Gasteiger partial charge in [0.25, 0.3) is 11.5 Å². The highest BCUT2D eigenvalue weighted by molar-refractivity contribution is 7.22. The van der Waals surface area contributed by atoms with Crippen LogP contribution in [-0.2, 0) is 0 Å². The van der Waals surface area contributed by atoms with Crippen LogP contribution in [0.15, 0.2) is 53.6 Å². The molecule has 0 unspecified atom stereocenters. The topological polar surface area (TPSA) is 76.9 Å². The van der Waals surface area contributed by atoms with E-state index in [2.05, 4.69) is 15.3 Å². The van der Waals surface area contributed by atoms with Crippen LogP contribution in [0.25, 0.3) is 16.0 Å². The number of anilines is 1. The molecule has 0 saturated heterocycles. The third-order valence-electron chi connectivity index (χ3n) is 4.07. The second-order valence-corrected chi connectivity index (χ2v) is 7.80. The SMILES string of the molecule is Cc1cccc(Cl)c1-n1cnc2nc(NC(=O)c3ccc(Cl)cc3)sc2c1=O. The monoisotopic (exact) mass is 430 g/mol. The molecule has 0 radical (unpaired) electrons. The van der Waals surface area contributed by atoms with Crippen molar-refractivity contribution < 1.29 is 4.79 Å². The van der Waals surface area contributed by atoms with Gasteiger partial charge < -0.3 is 0 Å². The number of benzene rings is 2. The molecule has 4 rings (SSSR count). The van der Waals surface area contributed by atoms with Crippen LogP contribution in [0.2, 0.25) is 10.0 Å². The lowest BCUT2D eigenvalue weighted by atomic mass is 10.2. The van der Waals surface area contributed by atoms with Gasteiger partial charge in [-0.2, -0.15) is 4.98 Å². The van der Waals surface area contributed by atoms with Crippen LogP contribution in [0.5, 0.6) is 0 Å². The van der Waals surface area contributed by atoms with Gasteiger partial charge in [-0.1, -0.05) is 46.7 Å². The highest BCUT2D eigenvalue weighted by atomic mass is 35.5. The number of para-hydroxylation sites is 1. The van der Waals surface area contributed by atoms with Gasteiger partial charge in [-0.05, 0) is 42.8 Å². The fraction of sp³-hybridized carbons (Fsp3) is 0.0526. The second kappa shape index (κ2) is 7.35. The molecule has 2 aromatic carbocycles. The van der Waals surface area contributed by atoms with Crippen LogP contribution < -0.4 is 10.9 Å². The molecule has 0 saturated carbocycles. The maximum Gasteiger partial charge on any atom is 0.277 e. The van der Waals surface area contributed by atoms with Crippen LogP contribution in [0.1, 0.15) is 15.9 Å². The highest BCUT2D eigenvalue weighted by Gasteiger charge is 2.16. The summed E-state index contributed by atoms with van der Waals surface area (Å²) in [6, 6.07) is 11.9. The first kappa shape index (κ1) is 18.6. The predicted octanol–water partition coefficient (Wildman–Crippen LogP) is 4.71. The Kier molecular flexibility index (Phi) is 4.89. The molecule has 2 aromatic heterocycles. The first-order chi connectivity index (χ1) is 13.4. The van der Waals surface area contributed by atoms with Crippen LogP contribution in [0.4, 0.5) is 5.13 Å². The molecule has 9 heteroatoms. The van der Waals surface area contributed by atoms with Gasteiger partial charge in [-0.15, -0.1) is 0 Å². The van der Waals surface area contributed by atoms with E-state index in [1.807, 2.05) is 19.1 Å². The Morgan fingerprint density at radius 1 is 1.14 bits per heavy atom. The van der Waals surface area contributed by atoms with Gasteiger partial charge in [0.2, 0.25) is 0 Å². The lowest BCUT2D eigenvalue weighted by Crippen LogP contribution is -2.19. The van der Waals surface area contributed by atoms with Gasteiger partial charge in [-0.25, -0.2) is 4.98 Å². The van der Waals surface area contributed by atoms with Gasteiger partial charge in [-0.3, -0.25) is 19.5 Å². The highest BCUT2D eigenvalue weighted by Crippen LogP contribution is 2.26. The summed E-state index contributed by atoms with van der Waals surface area (Å²) in [5.74, 6) is -0.349. The Hall–Kier alpha value is -2.74. The number of aryl methyl sites for hydroxylation is 1. The standard InChI is InChI=1S/C19H12Cl2N4O2S/c1-10-3-2-4-13(21)14(10)25-9-22-16-15(18(25)27)28-19(23-16)24-17(26)11-5-7-12(20)8-6-11/h2-9H,1H3,(H,23,24,26). The van der Waals surface area contributed by atoms with E-state index in [4.69, 9.17) is 23.2 Å². The Morgan fingerprint density at radius 2 is 1.89 bits per heavy atom. The normalized spacial score (nSPS) is 11.0. The molecule has 0 aliphatic carbocycles. The molecule has 0 bridgehead atoms. The van der Waals surface area contributed by atoms with Crippen molar-refractivity contribution in [2.45, 2.75) is 6.92 Å². The number of carbonyl (C=O) groups excluding carboxylic acids is 1. The van der Waals surface area contributed by atoms with Crippen LogP contribution >= 0.6 is 34.5 Å². The van der Waals surface area contributed by atoms with Crippen molar-refractivity contribution in [3.05, 3.63) is 80.3 Å². The smallest absolute Gasteiger partial charge is 0.277 e. The predicted molar refractivity (Wildman–Crippen MR) is 112 cm³/mol. The van der Waals surface area contributed by atoms with Crippen LogP contribution in [-0.4, -0.2) is 20.4 Å². The minimum absolute atomic E-state index is 0.266. The summed E-state index contributed by atoms with van der Waals surface area (Å²) in [5, 5.41) is 3.96. The fourth-order valence-corrected chi connectivity index (χ4v) is 4.01. The zero-order chi connectivity index (χ0) is 19.8. The molecule has 28 heavy (non-hydrogen) atoms. The summed E-state index contributed by atoms with van der Waals surface area (Å²) >= 11 is 13.2. The number of hydrogen-bond donors (Lipinski definition) is 1. The third kappa shape index (κ3) is 3.40. The number of nitrogens with one attached hydrogen (secondary N) is 1. The molecule has 0 atom stereocenters. The Labute approximate surface area is 173 Å². The van der Waals surface area contributed by atoms with E-state index in [1.165, 1.54) is 10.9 Å². The number of carbonyl (C=O) groups is 1. The van der Waals surface area contributed by atoms with E-state index in [-0.39, 0.29) is 22.2 Å². The third-order valence-corrected chi connectivity index (χ3v) is 5.58. The van der Waals surface area contributed by atoms with Crippen molar-refractivity contribution in [2.75, 3.05) is 5.32 Å². The number of rotatable bonds is 3. The molecule has 2 heterocycles. The lowest BCUT2D eigenvalue weighted by Gasteiger charge is -2.10. The average molecular weight is 431 g/mol. The summed E-state index contributed by atoms with van der Waals surface area (Å²) in [5.41, 5.74) is 1.81. The summed E-state index contributed by atoms with van der Waals surface area (Å²) in [7, 11) is 0. The van der Waals surface area contributed by atoms with Gasteiger partial charge in [0, 0.05) is 10.6 Å². The maximum atomic E-state index is 12.9. The van der Waals surface area contributed by atoms with Crippen molar-refractivity contribution in [2.24, 2.45) is 0 Å². The van der Waals surface area contributed by atoms with Crippen molar-refractivity contribution in [3.63, 3.8) is 0 Å². The first-order valence-electron chi connectivity index (χ1n) is 8.14. The van der Waals surface area contributed by atoms with Gasteiger partial charge >= 0.3 is 0 Å². The van der Waals surface area contributed by atoms with Gasteiger partial charge in [0.1, 0.15) is 11.0 Å². The number of thiazole rings is 1. The molecular formula is C19H12Cl2N4O2S. The molecule has 0 spiro atoms. The lowest BCUT2D eigenvalue weighted by molar-refractivity contribution is 0.102. The van der Waals surface area contributed by atoms with Crippen molar-refractivity contribution in [3.8, 4) is 5.69 Å². The second-order valence-electron chi connectivity index (χ2n) is 5.96. The molecular weight excluding hydrogens is 419 g/mol. The minimum Gasteiger partial charge on any atom is -0.298 e. The Balaban J connectivity index is 1.72. The molecule has 140 valence electrons. The summed E-state index contributed by atoms with van der Waals surface area (Å²) in [4.78, 5) is 33.8. The van der Waals surface area contributed by atoms with Gasteiger partial charge in [0.15, 0.2) is 10.8 Å². The maximum absolute atomic E-state index is 12.9. The number of halogens is 2. The summed E-state index contributed by atoms with van der Waals surface area (Å²) in [6.07, 6.45) is 1.39.